The van der Waals surface area contributed by atoms with Crippen LogP contribution in [0.15, 0.2) is 58.1 Å². The molecule has 1 aliphatic heterocycles. The van der Waals surface area contributed by atoms with Crippen molar-refractivity contribution in [1.82, 2.24) is 0 Å². The van der Waals surface area contributed by atoms with Gasteiger partial charge in [-0.25, -0.2) is 0 Å². The van der Waals surface area contributed by atoms with E-state index in [0.29, 0.717) is 11.7 Å². The van der Waals surface area contributed by atoms with E-state index in [-0.39, 0.29) is 16.2 Å². The molecule has 1 unspecified atom stereocenters. The van der Waals surface area contributed by atoms with Crippen molar-refractivity contribution in [3.63, 3.8) is 0 Å². The van der Waals surface area contributed by atoms with E-state index < -0.39 is 23.1 Å². The van der Waals surface area contributed by atoms with Crippen LogP contribution >= 0.6 is 11.6 Å². The third-order valence-corrected chi connectivity index (χ3v) is 4.86. The molecule has 0 bridgehead atoms. The number of ether oxygens (including phenoxy) is 2. The SMILES string of the molecule is CCC(C)/C=C(C)/C=C/C1=CC2=C(Cl)C(=O)[C@](C)(OC(C)=O)C(=O)C2=CO1. The van der Waals surface area contributed by atoms with E-state index in [9.17, 15) is 14.4 Å². The highest BCUT2D eigenvalue weighted by Crippen LogP contribution is 2.38. The van der Waals surface area contributed by atoms with Gasteiger partial charge in [0.1, 0.15) is 12.0 Å². The zero-order valence-corrected chi connectivity index (χ0v) is 16.8. The summed E-state index contributed by atoms with van der Waals surface area (Å²) in [5, 5.41) is -0.161. The number of carbonyl (C=O) groups excluding carboxylic acids is 3. The lowest BCUT2D eigenvalue weighted by Gasteiger charge is -2.32. The number of rotatable bonds is 5. The number of carbonyl (C=O) groups is 3. The summed E-state index contributed by atoms with van der Waals surface area (Å²) in [6, 6.07) is 0. The number of hydrogen-bond acceptors (Lipinski definition) is 5. The molecule has 0 aromatic heterocycles. The van der Waals surface area contributed by atoms with Crippen LogP contribution in [0, 0.1) is 5.92 Å². The first-order chi connectivity index (χ1) is 12.6. The Balaban J connectivity index is 2.36. The maximum atomic E-state index is 12.7. The van der Waals surface area contributed by atoms with Crippen molar-refractivity contribution >= 4 is 29.1 Å². The van der Waals surface area contributed by atoms with Crippen LogP contribution in [-0.2, 0) is 23.9 Å². The van der Waals surface area contributed by atoms with Crippen molar-refractivity contribution in [2.45, 2.75) is 46.6 Å². The summed E-state index contributed by atoms with van der Waals surface area (Å²) in [4.78, 5) is 36.6. The predicted molar refractivity (Wildman–Crippen MR) is 103 cm³/mol. The van der Waals surface area contributed by atoms with Gasteiger partial charge >= 0.3 is 5.97 Å². The predicted octanol–water partition coefficient (Wildman–Crippen LogP) is 4.30. The summed E-state index contributed by atoms with van der Waals surface area (Å²) in [5.41, 5.74) is -0.529. The Morgan fingerprint density at radius 1 is 1.33 bits per heavy atom. The molecule has 2 aliphatic rings. The topological polar surface area (TPSA) is 69.7 Å². The average molecular weight is 391 g/mol. The van der Waals surface area contributed by atoms with E-state index in [1.807, 2.05) is 13.0 Å². The molecule has 27 heavy (non-hydrogen) atoms. The summed E-state index contributed by atoms with van der Waals surface area (Å²) < 4.78 is 10.5. The zero-order chi connectivity index (χ0) is 20.4. The van der Waals surface area contributed by atoms with Crippen LogP contribution in [0.3, 0.4) is 0 Å². The van der Waals surface area contributed by atoms with Crippen LogP contribution in [0.2, 0.25) is 0 Å². The summed E-state index contributed by atoms with van der Waals surface area (Å²) in [7, 11) is 0. The Bertz CT molecular complexity index is 841. The molecule has 2 atom stereocenters. The molecule has 0 spiro atoms. The first kappa shape index (κ1) is 20.9. The Kier molecular flexibility index (Phi) is 6.26. The molecule has 5 nitrogen and oxygen atoms in total. The van der Waals surface area contributed by atoms with Gasteiger partial charge in [-0.2, -0.15) is 0 Å². The molecular formula is C21H23ClO5. The minimum Gasteiger partial charge on any atom is -0.464 e. The number of fused-ring (bicyclic) bond motifs is 1. The van der Waals surface area contributed by atoms with Crippen LogP contribution in [-0.4, -0.2) is 23.1 Å². The van der Waals surface area contributed by atoms with Gasteiger partial charge in [0.05, 0.1) is 10.6 Å². The second kappa shape index (κ2) is 8.09. The molecule has 2 rings (SSSR count). The molecule has 0 aromatic carbocycles. The lowest BCUT2D eigenvalue weighted by atomic mass is 9.80. The molecule has 1 heterocycles. The Labute approximate surface area is 164 Å². The summed E-state index contributed by atoms with van der Waals surface area (Å²) in [5.74, 6) is -1.24. The molecule has 0 saturated carbocycles. The van der Waals surface area contributed by atoms with Crippen LogP contribution < -0.4 is 0 Å². The molecule has 0 saturated heterocycles. The minimum atomic E-state index is -1.97. The molecule has 6 heteroatoms. The van der Waals surface area contributed by atoms with E-state index in [0.717, 1.165) is 18.9 Å². The standard InChI is InChI=1S/C21H23ClO5/c1-6-12(2)9-13(3)7-8-15-10-16-17(11-26-15)19(24)21(5,27-14(4)23)20(25)18(16)22/h7-12H,6H2,1-5H3/b8-7+,13-9+/t12?,21-/m1/s1. The first-order valence-corrected chi connectivity index (χ1v) is 9.12. The van der Waals surface area contributed by atoms with Gasteiger partial charge in [-0.15, -0.1) is 0 Å². The number of esters is 1. The number of halogens is 1. The smallest absolute Gasteiger partial charge is 0.304 e. The van der Waals surface area contributed by atoms with E-state index in [1.54, 1.807) is 6.08 Å². The van der Waals surface area contributed by atoms with Crippen molar-refractivity contribution in [3.8, 4) is 0 Å². The lowest BCUT2D eigenvalue weighted by molar-refractivity contribution is -0.167. The van der Waals surface area contributed by atoms with Crippen LogP contribution in [0.25, 0.3) is 0 Å². The number of allylic oxidation sites excluding steroid dienone is 6. The van der Waals surface area contributed by atoms with Gasteiger partial charge in [-0.1, -0.05) is 49.6 Å². The normalized spacial score (nSPS) is 24.3. The fourth-order valence-corrected chi connectivity index (χ4v) is 3.13. The Morgan fingerprint density at radius 3 is 2.59 bits per heavy atom. The van der Waals surface area contributed by atoms with E-state index in [1.165, 1.54) is 19.3 Å². The van der Waals surface area contributed by atoms with Gasteiger partial charge in [0, 0.05) is 12.5 Å². The van der Waals surface area contributed by atoms with E-state index in [2.05, 4.69) is 19.9 Å². The molecular weight excluding hydrogens is 368 g/mol. The van der Waals surface area contributed by atoms with Gasteiger partial charge in [-0.3, -0.25) is 14.4 Å². The summed E-state index contributed by atoms with van der Waals surface area (Å²) >= 11 is 6.20. The molecule has 0 fully saturated rings. The van der Waals surface area contributed by atoms with Gasteiger partial charge in [0.2, 0.25) is 17.2 Å². The van der Waals surface area contributed by atoms with E-state index >= 15 is 0 Å². The molecule has 1 aliphatic carbocycles. The molecule has 0 N–H and O–H groups in total. The van der Waals surface area contributed by atoms with Gasteiger partial charge in [0.15, 0.2) is 0 Å². The second-order valence-electron chi connectivity index (χ2n) is 6.84. The highest BCUT2D eigenvalue weighted by molar-refractivity contribution is 6.49. The van der Waals surface area contributed by atoms with Crippen molar-refractivity contribution in [2.24, 2.45) is 5.92 Å². The lowest BCUT2D eigenvalue weighted by Crippen LogP contribution is -2.51. The maximum Gasteiger partial charge on any atom is 0.304 e. The molecule has 0 radical (unpaired) electrons. The minimum absolute atomic E-state index is 0.104. The number of ketones is 2. The molecule has 144 valence electrons. The average Bonchev–Trinajstić information content (AvgIpc) is 2.62. The Morgan fingerprint density at radius 2 is 2.00 bits per heavy atom. The fraction of sp³-hybridized carbons (Fsp3) is 0.381. The molecule has 0 aromatic rings. The van der Waals surface area contributed by atoms with Crippen LogP contribution in [0.4, 0.5) is 0 Å². The van der Waals surface area contributed by atoms with Crippen molar-refractivity contribution in [2.75, 3.05) is 0 Å². The van der Waals surface area contributed by atoms with Crippen molar-refractivity contribution in [3.05, 3.63) is 58.1 Å². The van der Waals surface area contributed by atoms with Crippen LogP contribution in [0.5, 0.6) is 0 Å². The van der Waals surface area contributed by atoms with Gasteiger partial charge in [0.25, 0.3) is 0 Å². The van der Waals surface area contributed by atoms with Crippen LogP contribution in [0.1, 0.15) is 41.0 Å². The number of hydrogen-bond donors (Lipinski definition) is 0. The third kappa shape index (κ3) is 4.30. The highest BCUT2D eigenvalue weighted by Gasteiger charge is 2.52. The fourth-order valence-electron chi connectivity index (χ4n) is 2.80. The highest BCUT2D eigenvalue weighted by atomic mass is 35.5. The van der Waals surface area contributed by atoms with Gasteiger partial charge < -0.3 is 9.47 Å². The molecule has 0 amide bonds. The quantitative estimate of drug-likeness (QED) is 0.397. The Hall–Kier alpha value is -2.40. The van der Waals surface area contributed by atoms with Gasteiger partial charge in [-0.05, 0) is 31.9 Å². The second-order valence-corrected chi connectivity index (χ2v) is 7.22. The summed E-state index contributed by atoms with van der Waals surface area (Å²) in [6.07, 6.45) is 9.60. The maximum absolute atomic E-state index is 12.7. The largest absolute Gasteiger partial charge is 0.464 e. The van der Waals surface area contributed by atoms with Crippen molar-refractivity contribution in [1.29, 1.82) is 0 Å². The zero-order valence-electron chi connectivity index (χ0n) is 16.1. The monoisotopic (exact) mass is 390 g/mol. The number of Topliss-reactive ketones (excluding diaryl/α,β-unsaturated/α-hetero) is 2. The third-order valence-electron chi connectivity index (χ3n) is 4.49. The summed E-state index contributed by atoms with van der Waals surface area (Å²) in [6.45, 7) is 8.60. The van der Waals surface area contributed by atoms with Crippen molar-refractivity contribution < 1.29 is 23.9 Å². The van der Waals surface area contributed by atoms with E-state index in [4.69, 9.17) is 21.1 Å². The first-order valence-electron chi connectivity index (χ1n) is 8.74.